The summed E-state index contributed by atoms with van der Waals surface area (Å²) in [6.45, 7) is 2.15. The number of rotatable bonds is 4. The smallest absolute Gasteiger partial charge is 0.298 e. The highest BCUT2D eigenvalue weighted by Gasteiger charge is 2.17. The van der Waals surface area contributed by atoms with Crippen LogP contribution < -0.4 is 5.32 Å². The van der Waals surface area contributed by atoms with Crippen LogP contribution in [0.3, 0.4) is 0 Å². The number of hydrogen-bond donors (Lipinski definition) is 1. The Morgan fingerprint density at radius 3 is 3.00 bits per heavy atom. The molecule has 2 heterocycles. The van der Waals surface area contributed by atoms with Gasteiger partial charge in [0, 0.05) is 12.1 Å². The molecule has 0 atom stereocenters. The molecule has 0 amide bonds. The van der Waals surface area contributed by atoms with Crippen molar-refractivity contribution in [3.63, 3.8) is 0 Å². The summed E-state index contributed by atoms with van der Waals surface area (Å²) in [5, 5.41) is 17.6. The monoisotopic (exact) mass is 274 g/mol. The Balaban J connectivity index is 1.86. The maximum absolute atomic E-state index is 10.9. The van der Waals surface area contributed by atoms with E-state index >= 15 is 0 Å². The van der Waals surface area contributed by atoms with Crippen LogP contribution >= 0.6 is 0 Å². The summed E-state index contributed by atoms with van der Waals surface area (Å²) in [6, 6.07) is 6.54. The van der Waals surface area contributed by atoms with Crippen molar-refractivity contribution in [1.29, 1.82) is 0 Å². The minimum absolute atomic E-state index is 0.0865. The van der Waals surface area contributed by atoms with Crippen LogP contribution in [0, 0.1) is 17.0 Å². The molecular weight excluding hydrogens is 264 g/mol. The van der Waals surface area contributed by atoms with Crippen LogP contribution in [-0.2, 0) is 6.54 Å². The van der Waals surface area contributed by atoms with Crippen LogP contribution in [0.4, 0.5) is 11.7 Å². The number of fused-ring (bicyclic) bond motifs is 1. The Morgan fingerprint density at radius 1 is 1.45 bits per heavy atom. The molecule has 1 aromatic carbocycles. The first-order valence-electron chi connectivity index (χ1n) is 5.83. The molecule has 3 aromatic rings. The molecular formula is C12H10N4O4. The summed E-state index contributed by atoms with van der Waals surface area (Å²) in [5.41, 5.74) is 1.19. The van der Waals surface area contributed by atoms with Gasteiger partial charge in [0.1, 0.15) is 11.5 Å². The number of anilines is 1. The molecule has 0 spiro atoms. The lowest BCUT2D eigenvalue weighted by molar-refractivity contribution is -0.383. The first-order valence-corrected chi connectivity index (χ1v) is 5.83. The van der Waals surface area contributed by atoms with Crippen LogP contribution in [0.15, 0.2) is 33.2 Å². The molecule has 8 heteroatoms. The summed E-state index contributed by atoms with van der Waals surface area (Å²) in [7, 11) is 0. The van der Waals surface area contributed by atoms with Crippen molar-refractivity contribution in [3.8, 4) is 0 Å². The van der Waals surface area contributed by atoms with E-state index in [9.17, 15) is 10.1 Å². The number of nitro benzene ring substituents is 1. The molecule has 2 aromatic heterocycles. The van der Waals surface area contributed by atoms with Gasteiger partial charge in [-0.3, -0.25) is 10.1 Å². The van der Waals surface area contributed by atoms with Crippen LogP contribution in [0.1, 0.15) is 11.5 Å². The number of oxazole rings is 1. The van der Waals surface area contributed by atoms with E-state index in [0.29, 0.717) is 23.6 Å². The average Bonchev–Trinajstić information content (AvgIpc) is 3.01. The van der Waals surface area contributed by atoms with Gasteiger partial charge in [-0.15, -0.1) is 0 Å². The average molecular weight is 274 g/mol. The molecule has 0 saturated carbocycles. The van der Waals surface area contributed by atoms with Crippen LogP contribution in [0.25, 0.3) is 11.1 Å². The minimum Gasteiger partial charge on any atom is -0.423 e. The van der Waals surface area contributed by atoms with E-state index in [1.54, 1.807) is 25.1 Å². The van der Waals surface area contributed by atoms with Crippen molar-refractivity contribution in [3.05, 3.63) is 45.8 Å². The summed E-state index contributed by atoms with van der Waals surface area (Å²) >= 11 is 0. The zero-order valence-corrected chi connectivity index (χ0v) is 10.5. The predicted molar refractivity (Wildman–Crippen MR) is 69.2 cm³/mol. The first-order chi connectivity index (χ1) is 9.63. The summed E-state index contributed by atoms with van der Waals surface area (Å²) in [5.74, 6) is 0.704. The maximum atomic E-state index is 10.9. The predicted octanol–water partition coefficient (Wildman–Crippen LogP) is 2.64. The number of hydrogen-bond acceptors (Lipinski definition) is 7. The second kappa shape index (κ2) is 4.65. The molecule has 102 valence electrons. The highest BCUT2D eigenvalue weighted by Crippen LogP contribution is 2.27. The van der Waals surface area contributed by atoms with Crippen LogP contribution in [0.2, 0.25) is 0 Å². The second-order valence-electron chi connectivity index (χ2n) is 4.18. The standard InChI is InChI=1S/C12H10N4O4/c1-7-5-8(15-20-7)6-13-12-14-11-9(16(17)18)3-2-4-10(11)19-12/h2-5H,6H2,1H3,(H,13,14). The molecule has 20 heavy (non-hydrogen) atoms. The molecule has 0 saturated heterocycles. The second-order valence-corrected chi connectivity index (χ2v) is 4.18. The van der Waals surface area contributed by atoms with E-state index in [1.165, 1.54) is 6.07 Å². The third kappa shape index (κ3) is 2.18. The number of aryl methyl sites for hydroxylation is 1. The Morgan fingerprint density at radius 2 is 2.30 bits per heavy atom. The third-order valence-corrected chi connectivity index (χ3v) is 2.69. The van der Waals surface area contributed by atoms with Crippen molar-refractivity contribution in [2.75, 3.05) is 5.32 Å². The van der Waals surface area contributed by atoms with Gasteiger partial charge >= 0.3 is 0 Å². The molecule has 0 bridgehead atoms. The molecule has 3 rings (SSSR count). The van der Waals surface area contributed by atoms with Crippen molar-refractivity contribution >= 4 is 22.8 Å². The Bertz CT molecular complexity index is 777. The van der Waals surface area contributed by atoms with Crippen molar-refractivity contribution in [2.24, 2.45) is 0 Å². The molecule has 0 radical (unpaired) electrons. The zero-order valence-electron chi connectivity index (χ0n) is 10.5. The lowest BCUT2D eigenvalue weighted by Gasteiger charge is -1.95. The highest BCUT2D eigenvalue weighted by molar-refractivity contribution is 5.83. The Hall–Kier alpha value is -2.90. The van der Waals surface area contributed by atoms with Crippen molar-refractivity contribution in [2.45, 2.75) is 13.5 Å². The van der Waals surface area contributed by atoms with Crippen molar-refractivity contribution in [1.82, 2.24) is 10.1 Å². The first kappa shape index (κ1) is 12.2. The van der Waals surface area contributed by atoms with E-state index in [2.05, 4.69) is 15.5 Å². The lowest BCUT2D eigenvalue weighted by atomic mass is 10.3. The van der Waals surface area contributed by atoms with E-state index in [4.69, 9.17) is 8.94 Å². The fraction of sp³-hybridized carbons (Fsp3) is 0.167. The highest BCUT2D eigenvalue weighted by atomic mass is 16.6. The van der Waals surface area contributed by atoms with Gasteiger partial charge in [0.15, 0.2) is 11.1 Å². The molecule has 0 aliphatic heterocycles. The SMILES string of the molecule is Cc1cc(CNc2nc3c([N+](=O)[O-])cccc3o2)no1. The molecule has 0 aliphatic carbocycles. The third-order valence-electron chi connectivity index (χ3n) is 2.69. The quantitative estimate of drug-likeness (QED) is 0.575. The van der Waals surface area contributed by atoms with E-state index < -0.39 is 4.92 Å². The molecule has 0 aliphatic rings. The molecule has 0 unspecified atom stereocenters. The molecule has 1 N–H and O–H groups in total. The maximum Gasteiger partial charge on any atom is 0.298 e. The summed E-state index contributed by atoms with van der Waals surface area (Å²) in [4.78, 5) is 14.5. The number of nitrogens with one attached hydrogen (secondary N) is 1. The largest absolute Gasteiger partial charge is 0.423 e. The number of nitro groups is 1. The van der Waals surface area contributed by atoms with Gasteiger partial charge in [-0.1, -0.05) is 11.2 Å². The topological polar surface area (TPSA) is 107 Å². The van der Waals surface area contributed by atoms with E-state index in [-0.39, 0.29) is 17.2 Å². The normalized spacial score (nSPS) is 10.8. The van der Waals surface area contributed by atoms with Gasteiger partial charge in [-0.2, -0.15) is 4.98 Å². The van der Waals surface area contributed by atoms with Gasteiger partial charge < -0.3 is 14.3 Å². The number of benzene rings is 1. The lowest BCUT2D eigenvalue weighted by Crippen LogP contribution is -1.99. The van der Waals surface area contributed by atoms with Gasteiger partial charge in [0.2, 0.25) is 0 Å². The van der Waals surface area contributed by atoms with Crippen LogP contribution in [0.5, 0.6) is 0 Å². The van der Waals surface area contributed by atoms with Gasteiger partial charge in [-0.25, -0.2) is 0 Å². The summed E-state index contributed by atoms with van der Waals surface area (Å²) in [6.07, 6.45) is 0. The number of para-hydroxylation sites is 1. The number of nitrogens with zero attached hydrogens (tertiary/aromatic N) is 3. The summed E-state index contributed by atoms with van der Waals surface area (Å²) < 4.78 is 10.3. The minimum atomic E-state index is -0.490. The fourth-order valence-corrected chi connectivity index (χ4v) is 1.82. The zero-order chi connectivity index (χ0) is 14.1. The molecule has 0 fully saturated rings. The van der Waals surface area contributed by atoms with Crippen LogP contribution in [-0.4, -0.2) is 15.1 Å². The van der Waals surface area contributed by atoms with Gasteiger partial charge in [0.05, 0.1) is 11.5 Å². The Labute approximate surface area is 112 Å². The van der Waals surface area contributed by atoms with E-state index in [1.807, 2.05) is 0 Å². The van der Waals surface area contributed by atoms with Crippen molar-refractivity contribution < 1.29 is 13.9 Å². The Kier molecular flexibility index (Phi) is 2.82. The fourth-order valence-electron chi connectivity index (χ4n) is 1.82. The molecule has 8 nitrogen and oxygen atoms in total. The number of non-ortho nitro benzene ring substituents is 1. The van der Waals surface area contributed by atoms with Gasteiger partial charge in [-0.05, 0) is 13.0 Å². The number of aromatic nitrogens is 2. The van der Waals surface area contributed by atoms with Gasteiger partial charge in [0.25, 0.3) is 11.7 Å². The van der Waals surface area contributed by atoms with E-state index in [0.717, 1.165) is 0 Å².